The van der Waals surface area contributed by atoms with E-state index in [1.165, 1.54) is 11.3 Å². The number of ketones is 1. The Morgan fingerprint density at radius 1 is 0.923 bits per heavy atom. The van der Waals surface area contributed by atoms with E-state index in [-0.39, 0.29) is 11.7 Å². The van der Waals surface area contributed by atoms with Crippen molar-refractivity contribution in [3.8, 4) is 33.0 Å². The minimum Gasteiger partial charge on any atom is -0.352 e. The number of carbonyl (C=O) groups is 2. The van der Waals surface area contributed by atoms with E-state index in [1.807, 2.05) is 51.2 Å². The Morgan fingerprint density at radius 2 is 1.72 bits per heavy atom. The molecule has 0 fully saturated rings. The molecular formula is C29H25N7O2S. The van der Waals surface area contributed by atoms with Gasteiger partial charge >= 0.3 is 0 Å². The zero-order chi connectivity index (χ0) is 27.3. The van der Waals surface area contributed by atoms with Crippen LogP contribution in [0.25, 0.3) is 54.9 Å². The van der Waals surface area contributed by atoms with E-state index in [0.717, 1.165) is 49.2 Å². The predicted octanol–water partition coefficient (Wildman–Crippen LogP) is 6.48. The number of Topliss-reactive ketones (excluding diaryl/α,β-unsaturated/α-hetero) is 1. The standard InChI is InChI=1S/C29H25N7O2S/c1-15(37)24-5-6-25(39-24)21-13-31-14-23-19(21)9-22(34-23)26-20-8-17(11-32-27(20)36-35-26)16-7-18(12-30-10-16)33-28(38)29(2,3)4/h5-14,34H,1-4H3,(H,33,38)(H,32,35,36). The van der Waals surface area contributed by atoms with Gasteiger partial charge in [-0.05, 0) is 37.3 Å². The number of hydrogen-bond acceptors (Lipinski definition) is 7. The molecule has 0 aliphatic rings. The zero-order valence-electron chi connectivity index (χ0n) is 21.8. The summed E-state index contributed by atoms with van der Waals surface area (Å²) in [7, 11) is 0. The second kappa shape index (κ2) is 9.25. The van der Waals surface area contributed by atoms with Gasteiger partial charge < -0.3 is 10.3 Å². The van der Waals surface area contributed by atoms with Crippen molar-refractivity contribution in [2.24, 2.45) is 5.41 Å². The number of hydrogen-bond donors (Lipinski definition) is 3. The van der Waals surface area contributed by atoms with Crippen molar-refractivity contribution in [2.75, 3.05) is 5.32 Å². The summed E-state index contributed by atoms with van der Waals surface area (Å²) in [5, 5.41) is 12.3. The summed E-state index contributed by atoms with van der Waals surface area (Å²) in [5.41, 5.74) is 5.82. The Hall–Kier alpha value is -4.70. The fourth-order valence-electron chi connectivity index (χ4n) is 4.30. The number of H-pyrrole nitrogens is 2. The van der Waals surface area contributed by atoms with E-state index in [0.29, 0.717) is 16.2 Å². The largest absolute Gasteiger partial charge is 0.352 e. The molecule has 0 aliphatic heterocycles. The minimum atomic E-state index is -0.518. The smallest absolute Gasteiger partial charge is 0.229 e. The highest BCUT2D eigenvalue weighted by atomic mass is 32.1. The zero-order valence-corrected chi connectivity index (χ0v) is 22.6. The van der Waals surface area contributed by atoms with Crippen LogP contribution in [0.3, 0.4) is 0 Å². The van der Waals surface area contributed by atoms with Gasteiger partial charge in [0, 0.05) is 56.3 Å². The summed E-state index contributed by atoms with van der Waals surface area (Å²) in [4.78, 5) is 42.7. The summed E-state index contributed by atoms with van der Waals surface area (Å²) < 4.78 is 0. The fourth-order valence-corrected chi connectivity index (χ4v) is 5.23. The lowest BCUT2D eigenvalue weighted by Crippen LogP contribution is -2.27. The number of nitrogens with one attached hydrogen (secondary N) is 3. The first-order valence-electron chi connectivity index (χ1n) is 12.4. The Bertz CT molecular complexity index is 1890. The van der Waals surface area contributed by atoms with Crippen molar-refractivity contribution in [3.05, 3.63) is 66.2 Å². The van der Waals surface area contributed by atoms with Crippen LogP contribution >= 0.6 is 11.3 Å². The Kier molecular flexibility index (Phi) is 5.84. The topological polar surface area (TPSA) is 129 Å². The average molecular weight is 536 g/mol. The molecule has 39 heavy (non-hydrogen) atoms. The van der Waals surface area contributed by atoms with Crippen LogP contribution < -0.4 is 5.32 Å². The highest BCUT2D eigenvalue weighted by molar-refractivity contribution is 7.17. The third-order valence-corrected chi connectivity index (χ3v) is 7.67. The van der Waals surface area contributed by atoms with E-state index in [1.54, 1.807) is 31.7 Å². The van der Waals surface area contributed by atoms with Gasteiger partial charge in [-0.1, -0.05) is 20.8 Å². The third kappa shape index (κ3) is 4.59. The van der Waals surface area contributed by atoms with Crippen molar-refractivity contribution in [1.29, 1.82) is 0 Å². The second-order valence-corrected chi connectivity index (χ2v) is 11.5. The van der Waals surface area contributed by atoms with Crippen LogP contribution in [-0.2, 0) is 4.79 Å². The number of anilines is 1. The number of aromatic amines is 2. The van der Waals surface area contributed by atoms with Crippen LogP contribution in [0.1, 0.15) is 37.4 Å². The molecule has 0 bridgehead atoms. The van der Waals surface area contributed by atoms with Crippen LogP contribution in [-0.4, -0.2) is 41.8 Å². The van der Waals surface area contributed by atoms with Crippen molar-refractivity contribution in [3.63, 3.8) is 0 Å². The van der Waals surface area contributed by atoms with E-state index in [9.17, 15) is 9.59 Å². The molecule has 0 atom stereocenters. The van der Waals surface area contributed by atoms with Crippen LogP contribution in [0.2, 0.25) is 0 Å². The Balaban J connectivity index is 1.39. The van der Waals surface area contributed by atoms with Gasteiger partial charge in [0.1, 0.15) is 0 Å². The quantitative estimate of drug-likeness (QED) is 0.217. The molecule has 9 nitrogen and oxygen atoms in total. The molecule has 0 aliphatic carbocycles. The highest BCUT2D eigenvalue weighted by Crippen LogP contribution is 2.37. The molecule has 6 aromatic rings. The lowest BCUT2D eigenvalue weighted by atomic mass is 9.95. The first-order chi connectivity index (χ1) is 18.7. The first-order valence-corrected chi connectivity index (χ1v) is 13.2. The molecule has 0 saturated heterocycles. The minimum absolute atomic E-state index is 0.0469. The molecule has 0 spiro atoms. The van der Waals surface area contributed by atoms with E-state index >= 15 is 0 Å². The normalized spacial score (nSPS) is 11.8. The SMILES string of the molecule is CC(=O)c1ccc(-c2cncc3[nH]c(-c4[nH]nc5ncc(-c6cncc(NC(=O)C(C)(C)C)c6)cc45)cc23)s1. The van der Waals surface area contributed by atoms with Crippen LogP contribution in [0.15, 0.2) is 61.3 Å². The molecule has 194 valence electrons. The lowest BCUT2D eigenvalue weighted by molar-refractivity contribution is -0.123. The van der Waals surface area contributed by atoms with Crippen LogP contribution in [0, 0.1) is 5.41 Å². The van der Waals surface area contributed by atoms with Gasteiger partial charge in [-0.15, -0.1) is 11.3 Å². The summed E-state index contributed by atoms with van der Waals surface area (Å²) >= 11 is 1.46. The number of fused-ring (bicyclic) bond motifs is 2. The average Bonchev–Trinajstić information content (AvgIpc) is 3.65. The van der Waals surface area contributed by atoms with Crippen molar-refractivity contribution < 1.29 is 9.59 Å². The number of rotatable bonds is 5. The highest BCUT2D eigenvalue weighted by Gasteiger charge is 2.21. The molecule has 0 saturated carbocycles. The maximum absolute atomic E-state index is 12.5. The summed E-state index contributed by atoms with van der Waals surface area (Å²) in [6.45, 7) is 7.17. The van der Waals surface area contributed by atoms with Crippen molar-refractivity contribution in [1.82, 2.24) is 30.1 Å². The second-order valence-electron chi connectivity index (χ2n) is 10.4. The number of pyridine rings is 3. The van der Waals surface area contributed by atoms with Gasteiger partial charge in [0.25, 0.3) is 0 Å². The molecule has 0 unspecified atom stereocenters. The molecule has 3 N–H and O–H groups in total. The number of carbonyl (C=O) groups excluding carboxylic acids is 2. The number of thiophene rings is 1. The predicted molar refractivity (Wildman–Crippen MR) is 154 cm³/mol. The molecule has 6 rings (SSSR count). The van der Waals surface area contributed by atoms with Crippen molar-refractivity contribution >= 4 is 50.7 Å². The molecule has 10 heteroatoms. The summed E-state index contributed by atoms with van der Waals surface area (Å²) in [5.74, 6) is -0.0365. The van der Waals surface area contributed by atoms with Crippen LogP contribution in [0.5, 0.6) is 0 Å². The number of nitrogens with zero attached hydrogens (tertiary/aromatic N) is 4. The van der Waals surface area contributed by atoms with Gasteiger partial charge in [-0.3, -0.25) is 24.7 Å². The van der Waals surface area contributed by atoms with E-state index in [2.05, 4.69) is 41.5 Å². The van der Waals surface area contributed by atoms with Gasteiger partial charge in [0.15, 0.2) is 11.4 Å². The maximum atomic E-state index is 12.5. The van der Waals surface area contributed by atoms with E-state index < -0.39 is 5.41 Å². The third-order valence-electron chi connectivity index (χ3n) is 6.45. The molecule has 6 aromatic heterocycles. The lowest BCUT2D eigenvalue weighted by Gasteiger charge is -2.17. The fraction of sp³-hybridized carbons (Fsp3) is 0.172. The van der Waals surface area contributed by atoms with Gasteiger partial charge in [-0.25, -0.2) is 4.98 Å². The van der Waals surface area contributed by atoms with Gasteiger partial charge in [0.05, 0.1) is 39.9 Å². The number of aromatic nitrogens is 6. The van der Waals surface area contributed by atoms with Crippen LogP contribution in [0.4, 0.5) is 5.69 Å². The Labute approximate surface area is 227 Å². The molecule has 6 heterocycles. The van der Waals surface area contributed by atoms with E-state index in [4.69, 9.17) is 0 Å². The molecular weight excluding hydrogens is 510 g/mol. The molecule has 1 amide bonds. The van der Waals surface area contributed by atoms with Gasteiger partial charge in [0.2, 0.25) is 5.91 Å². The summed E-state index contributed by atoms with van der Waals surface area (Å²) in [6, 6.07) is 9.76. The molecule has 0 aromatic carbocycles. The van der Waals surface area contributed by atoms with Gasteiger partial charge in [-0.2, -0.15) is 5.10 Å². The monoisotopic (exact) mass is 535 g/mol. The molecule has 0 radical (unpaired) electrons. The maximum Gasteiger partial charge on any atom is 0.229 e. The first kappa shape index (κ1) is 24.6. The Morgan fingerprint density at radius 3 is 2.49 bits per heavy atom. The number of amides is 1. The summed E-state index contributed by atoms with van der Waals surface area (Å²) in [6.07, 6.45) is 8.72. The van der Waals surface area contributed by atoms with Crippen molar-refractivity contribution in [2.45, 2.75) is 27.7 Å².